The number of nitrogens with zero attached hydrogens (tertiary/aromatic N) is 3. The smallest absolute Gasteiger partial charge is 0.300 e. The van der Waals surface area contributed by atoms with Gasteiger partial charge in [-0.05, 0) is 51.4 Å². The van der Waals surface area contributed by atoms with Crippen molar-refractivity contribution in [1.29, 1.82) is 0 Å². The Morgan fingerprint density at radius 3 is 2.21 bits per heavy atom. The zero-order valence-electron chi connectivity index (χ0n) is 19.5. The van der Waals surface area contributed by atoms with E-state index < -0.39 is 27.0 Å². The summed E-state index contributed by atoms with van der Waals surface area (Å²) in [5.74, 6) is -1.53. The molecule has 11 heteroatoms. The molecule has 2 saturated heterocycles. The number of carboxylic acid groups (broad SMARTS) is 2. The Hall–Kier alpha value is -2.53. The van der Waals surface area contributed by atoms with Gasteiger partial charge in [0.15, 0.2) is 9.84 Å². The third-order valence-corrected chi connectivity index (χ3v) is 8.26. The lowest BCUT2D eigenvalue weighted by Crippen LogP contribution is -2.38. The average molecular weight is 484 g/mol. The number of aromatic nitrogens is 1. The normalized spacial score (nSPS) is 24.5. The molecule has 10 nitrogen and oxygen atoms in total. The highest BCUT2D eigenvalue weighted by atomic mass is 32.2. The van der Waals surface area contributed by atoms with Crippen LogP contribution in [0.3, 0.4) is 0 Å². The van der Waals surface area contributed by atoms with Gasteiger partial charge in [0, 0.05) is 50.8 Å². The Morgan fingerprint density at radius 1 is 1.06 bits per heavy atom. The van der Waals surface area contributed by atoms with Crippen LogP contribution in [0.4, 0.5) is 0 Å². The number of pyridine rings is 1. The molecule has 1 aromatic heterocycles. The fourth-order valence-corrected chi connectivity index (χ4v) is 7.09. The molecule has 2 aliphatic heterocycles. The minimum atomic E-state index is -3.13. The zero-order valence-corrected chi connectivity index (χ0v) is 20.3. The number of amides is 1. The molecule has 4 rings (SSSR count). The number of aliphatic carboxylic acids is 2. The number of fused-ring (bicyclic) bond motifs is 2. The van der Waals surface area contributed by atoms with E-state index in [2.05, 4.69) is 4.98 Å². The molecule has 1 aliphatic carbocycles. The van der Waals surface area contributed by atoms with Crippen LogP contribution < -0.4 is 0 Å². The lowest BCUT2D eigenvalue weighted by molar-refractivity contribution is -0.135. The zero-order chi connectivity index (χ0) is 24.9. The monoisotopic (exact) mass is 483 g/mol. The number of aryl methyl sites for hydroxylation is 2. The van der Waals surface area contributed by atoms with Crippen LogP contribution in [-0.4, -0.2) is 95.5 Å². The SMILES string of the molecule is CC(=O)O.CC(=O)O.CN(C)[C@@H]1CS(=O)(=O)[C@H]2CN(C(=O)c3cnc4c(c3)CCCC4)C[C@@H]12. The van der Waals surface area contributed by atoms with E-state index in [1.54, 1.807) is 11.1 Å². The Balaban J connectivity index is 0.000000420. The van der Waals surface area contributed by atoms with Gasteiger partial charge in [0.2, 0.25) is 0 Å². The lowest BCUT2D eigenvalue weighted by atomic mass is 9.95. The summed E-state index contributed by atoms with van der Waals surface area (Å²) < 4.78 is 25.0. The van der Waals surface area contributed by atoms with E-state index in [4.69, 9.17) is 19.8 Å². The summed E-state index contributed by atoms with van der Waals surface area (Å²) in [5.41, 5.74) is 2.88. The van der Waals surface area contributed by atoms with Gasteiger partial charge in [0.05, 0.1) is 16.6 Å². The maximum Gasteiger partial charge on any atom is 0.300 e. The first-order chi connectivity index (χ1) is 15.3. The van der Waals surface area contributed by atoms with Gasteiger partial charge in [-0.3, -0.25) is 19.4 Å². The number of carboxylic acids is 2. The summed E-state index contributed by atoms with van der Waals surface area (Å²) in [6.07, 6.45) is 5.93. The topological polar surface area (TPSA) is 145 Å². The highest BCUT2D eigenvalue weighted by Crippen LogP contribution is 2.36. The van der Waals surface area contributed by atoms with E-state index in [0.29, 0.717) is 18.7 Å². The summed E-state index contributed by atoms with van der Waals surface area (Å²) in [7, 11) is 0.702. The molecule has 3 heterocycles. The van der Waals surface area contributed by atoms with E-state index in [1.807, 2.05) is 25.1 Å². The van der Waals surface area contributed by atoms with Crippen LogP contribution in [-0.2, 0) is 32.3 Å². The Labute approximate surface area is 194 Å². The van der Waals surface area contributed by atoms with Crippen molar-refractivity contribution in [3.8, 4) is 0 Å². The molecule has 1 amide bonds. The predicted octanol–water partition coefficient (Wildman–Crippen LogP) is 0.941. The molecule has 0 bridgehead atoms. The molecule has 2 N–H and O–H groups in total. The lowest BCUT2D eigenvalue weighted by Gasteiger charge is -2.25. The van der Waals surface area contributed by atoms with Crippen molar-refractivity contribution < 1.29 is 33.0 Å². The van der Waals surface area contributed by atoms with Crippen molar-refractivity contribution in [3.05, 3.63) is 29.1 Å². The molecule has 0 radical (unpaired) electrons. The van der Waals surface area contributed by atoms with Crippen molar-refractivity contribution in [2.45, 2.75) is 50.8 Å². The molecular formula is C22H33N3O7S. The molecule has 0 aromatic carbocycles. The highest BCUT2D eigenvalue weighted by Gasteiger charge is 2.53. The van der Waals surface area contributed by atoms with Gasteiger partial charge in [0.1, 0.15) is 0 Å². The molecular weight excluding hydrogens is 450 g/mol. The number of hydrogen-bond acceptors (Lipinski definition) is 7. The number of rotatable bonds is 2. The number of hydrogen-bond donors (Lipinski definition) is 2. The largest absolute Gasteiger partial charge is 0.481 e. The van der Waals surface area contributed by atoms with Gasteiger partial charge in [-0.15, -0.1) is 0 Å². The quantitative estimate of drug-likeness (QED) is 0.627. The molecule has 33 heavy (non-hydrogen) atoms. The first-order valence-electron chi connectivity index (χ1n) is 10.9. The third-order valence-electron chi connectivity index (χ3n) is 6.03. The van der Waals surface area contributed by atoms with Crippen molar-refractivity contribution in [2.75, 3.05) is 32.9 Å². The van der Waals surface area contributed by atoms with Gasteiger partial charge in [-0.25, -0.2) is 8.42 Å². The molecule has 0 unspecified atom stereocenters. The van der Waals surface area contributed by atoms with Crippen LogP contribution in [0.2, 0.25) is 0 Å². The van der Waals surface area contributed by atoms with E-state index >= 15 is 0 Å². The minimum Gasteiger partial charge on any atom is -0.481 e. The molecule has 1 aromatic rings. The molecule has 3 atom stereocenters. The second kappa shape index (κ2) is 11.1. The Kier molecular flexibility index (Phi) is 8.96. The maximum absolute atomic E-state index is 12.9. The first-order valence-corrected chi connectivity index (χ1v) is 12.6. The summed E-state index contributed by atoms with van der Waals surface area (Å²) in [6, 6.07) is 1.96. The number of carbonyl (C=O) groups excluding carboxylic acids is 1. The van der Waals surface area contributed by atoms with E-state index in [1.165, 1.54) is 5.56 Å². The standard InChI is InChI=1S/C18H25N3O3S.2C2H4O2/c1-20(2)16-11-25(23,24)17-10-21(9-14(16)17)18(22)13-7-12-5-3-4-6-15(12)19-8-13;2*1-2(3)4/h7-8,14,16-17H,3-6,9-11H2,1-2H3;2*1H3,(H,3,4)/t14-,16+,17-;;/m0../s1. The van der Waals surface area contributed by atoms with E-state index in [-0.39, 0.29) is 23.6 Å². The first kappa shape index (κ1) is 26.7. The fraction of sp³-hybridized carbons (Fsp3) is 0.636. The van der Waals surface area contributed by atoms with Gasteiger partial charge in [0.25, 0.3) is 17.8 Å². The van der Waals surface area contributed by atoms with Crippen molar-refractivity contribution in [3.63, 3.8) is 0 Å². The second-order valence-electron chi connectivity index (χ2n) is 8.85. The van der Waals surface area contributed by atoms with Crippen molar-refractivity contribution >= 4 is 27.7 Å². The van der Waals surface area contributed by atoms with Gasteiger partial charge >= 0.3 is 0 Å². The van der Waals surface area contributed by atoms with Gasteiger partial charge < -0.3 is 20.0 Å². The third kappa shape index (κ3) is 6.97. The summed E-state index contributed by atoms with van der Waals surface area (Å²) >= 11 is 0. The Bertz CT molecular complexity index is 974. The molecule has 0 spiro atoms. The minimum absolute atomic E-state index is 0.00513. The van der Waals surface area contributed by atoms with Crippen LogP contribution in [0.5, 0.6) is 0 Å². The van der Waals surface area contributed by atoms with E-state index in [9.17, 15) is 13.2 Å². The summed E-state index contributed by atoms with van der Waals surface area (Å²) in [5, 5.41) is 14.4. The maximum atomic E-state index is 12.9. The van der Waals surface area contributed by atoms with Crippen LogP contribution in [0.1, 0.15) is 48.3 Å². The van der Waals surface area contributed by atoms with Crippen molar-refractivity contribution in [2.24, 2.45) is 5.92 Å². The summed E-state index contributed by atoms with van der Waals surface area (Å²) in [6.45, 7) is 3.00. The number of carbonyl (C=O) groups is 3. The number of sulfone groups is 1. The van der Waals surface area contributed by atoms with Gasteiger partial charge in [-0.1, -0.05) is 0 Å². The highest BCUT2D eigenvalue weighted by molar-refractivity contribution is 7.92. The molecule has 2 fully saturated rings. The number of likely N-dealkylation sites (tertiary alicyclic amines) is 1. The van der Waals surface area contributed by atoms with Crippen molar-refractivity contribution in [1.82, 2.24) is 14.8 Å². The van der Waals surface area contributed by atoms with Crippen LogP contribution >= 0.6 is 0 Å². The molecule has 0 saturated carbocycles. The average Bonchev–Trinajstić information content (AvgIpc) is 3.25. The summed E-state index contributed by atoms with van der Waals surface area (Å²) in [4.78, 5) is 39.1. The molecule has 184 valence electrons. The van der Waals surface area contributed by atoms with Gasteiger partial charge in [-0.2, -0.15) is 0 Å². The van der Waals surface area contributed by atoms with Crippen LogP contribution in [0.25, 0.3) is 0 Å². The molecule has 3 aliphatic rings. The second-order valence-corrected chi connectivity index (χ2v) is 11.1. The van der Waals surface area contributed by atoms with Crippen LogP contribution in [0, 0.1) is 5.92 Å². The Morgan fingerprint density at radius 2 is 1.64 bits per heavy atom. The predicted molar refractivity (Wildman–Crippen MR) is 122 cm³/mol. The van der Waals surface area contributed by atoms with E-state index in [0.717, 1.165) is 45.2 Å². The van der Waals surface area contributed by atoms with Crippen LogP contribution in [0.15, 0.2) is 12.3 Å². The fourth-order valence-electron chi connectivity index (χ4n) is 4.62.